The quantitative estimate of drug-likeness (QED) is 0.686. The molecule has 2 aliphatic heterocycles. The fraction of sp³-hybridized carbons (Fsp3) is 0.435. The number of aryl methyl sites for hydroxylation is 1. The Bertz CT molecular complexity index is 894. The molecule has 4 rings (SSSR count). The van der Waals surface area contributed by atoms with E-state index in [2.05, 4.69) is 46.4 Å². The number of aromatic amines is 1. The molecular formula is C23H31N5O2+2. The normalized spacial score (nSPS) is 22.5. The predicted molar refractivity (Wildman–Crippen MR) is 114 cm³/mol. The van der Waals surface area contributed by atoms with Crippen LogP contribution >= 0.6 is 0 Å². The van der Waals surface area contributed by atoms with Crippen LogP contribution in [0.5, 0.6) is 0 Å². The number of imide groups is 1. The lowest BCUT2D eigenvalue weighted by atomic mass is 9.91. The van der Waals surface area contributed by atoms with E-state index < -0.39 is 5.54 Å². The van der Waals surface area contributed by atoms with Crippen molar-refractivity contribution in [2.75, 3.05) is 37.7 Å². The zero-order chi connectivity index (χ0) is 21.1. The second kappa shape index (κ2) is 8.44. The van der Waals surface area contributed by atoms with E-state index in [0.29, 0.717) is 6.67 Å². The smallest absolute Gasteiger partial charge is 0.329 e. The summed E-state index contributed by atoms with van der Waals surface area (Å²) in [5.74, 6) is -0.163. The Hall–Kier alpha value is -2.93. The average Bonchev–Trinajstić information content (AvgIpc) is 2.99. The number of rotatable bonds is 6. The van der Waals surface area contributed by atoms with Gasteiger partial charge in [-0.2, -0.15) is 0 Å². The summed E-state index contributed by atoms with van der Waals surface area (Å²) in [6.07, 6.45) is 5.95. The Kier molecular flexibility index (Phi) is 5.72. The highest BCUT2D eigenvalue weighted by Gasteiger charge is 2.50. The van der Waals surface area contributed by atoms with E-state index in [1.165, 1.54) is 21.1 Å². The second-order valence-corrected chi connectivity index (χ2v) is 8.39. The molecule has 2 aliphatic rings. The minimum atomic E-state index is -0.996. The third kappa shape index (κ3) is 3.89. The van der Waals surface area contributed by atoms with Crippen molar-refractivity contribution < 1.29 is 19.5 Å². The number of piperazine rings is 1. The Labute approximate surface area is 177 Å². The third-order valence-corrected chi connectivity index (χ3v) is 6.26. The third-order valence-electron chi connectivity index (χ3n) is 6.26. The number of hydrogen-bond donors (Lipinski definition) is 2. The molecule has 1 aromatic heterocycles. The zero-order valence-electron chi connectivity index (χ0n) is 17.8. The summed E-state index contributed by atoms with van der Waals surface area (Å²) in [4.78, 5) is 33.9. The Morgan fingerprint density at radius 3 is 2.37 bits per heavy atom. The van der Waals surface area contributed by atoms with E-state index in [1.54, 1.807) is 0 Å². The van der Waals surface area contributed by atoms with Crippen molar-refractivity contribution in [2.45, 2.75) is 32.2 Å². The van der Waals surface area contributed by atoms with Crippen LogP contribution in [0.1, 0.15) is 31.4 Å². The van der Waals surface area contributed by atoms with Gasteiger partial charge >= 0.3 is 6.03 Å². The van der Waals surface area contributed by atoms with Crippen LogP contribution < -0.4 is 20.1 Å². The molecule has 30 heavy (non-hydrogen) atoms. The first-order chi connectivity index (χ1) is 14.5. The molecule has 7 nitrogen and oxygen atoms in total. The maximum Gasteiger partial charge on any atom is 0.329 e. The van der Waals surface area contributed by atoms with Gasteiger partial charge < -0.3 is 15.1 Å². The zero-order valence-corrected chi connectivity index (χ0v) is 17.8. The van der Waals surface area contributed by atoms with Gasteiger partial charge in [0.05, 0.1) is 26.2 Å². The van der Waals surface area contributed by atoms with Crippen molar-refractivity contribution in [1.82, 2.24) is 10.2 Å². The Balaban J connectivity index is 1.40. The number of urea groups is 1. The van der Waals surface area contributed by atoms with Gasteiger partial charge in [-0.1, -0.05) is 37.6 Å². The largest absolute Gasteiger partial charge is 0.360 e. The molecule has 3 N–H and O–H groups in total. The van der Waals surface area contributed by atoms with Crippen LogP contribution in [-0.4, -0.2) is 49.7 Å². The van der Waals surface area contributed by atoms with Crippen LogP contribution in [0.25, 0.3) is 0 Å². The van der Waals surface area contributed by atoms with E-state index >= 15 is 0 Å². The average molecular weight is 410 g/mol. The molecule has 0 radical (unpaired) electrons. The van der Waals surface area contributed by atoms with Crippen LogP contribution in [0.4, 0.5) is 10.5 Å². The molecule has 2 fully saturated rings. The summed E-state index contributed by atoms with van der Waals surface area (Å²) in [5.41, 5.74) is 2.28. The van der Waals surface area contributed by atoms with Crippen LogP contribution in [0.3, 0.4) is 0 Å². The lowest BCUT2D eigenvalue weighted by molar-refractivity contribution is -0.907. The summed E-state index contributed by atoms with van der Waals surface area (Å²) in [6.45, 7) is 7.94. The van der Waals surface area contributed by atoms with E-state index in [0.717, 1.165) is 44.6 Å². The van der Waals surface area contributed by atoms with E-state index in [1.807, 2.05) is 31.5 Å². The molecule has 0 saturated carbocycles. The minimum absolute atomic E-state index is 0.163. The van der Waals surface area contributed by atoms with Gasteiger partial charge in [0, 0.05) is 17.8 Å². The summed E-state index contributed by atoms with van der Waals surface area (Å²) in [6, 6.07) is 11.9. The number of aromatic nitrogens is 1. The summed E-state index contributed by atoms with van der Waals surface area (Å²) in [5, 5.41) is 2.93. The molecule has 2 saturated heterocycles. The van der Waals surface area contributed by atoms with Gasteiger partial charge in [-0.25, -0.2) is 14.7 Å². The van der Waals surface area contributed by atoms with Crippen molar-refractivity contribution in [3.63, 3.8) is 0 Å². The van der Waals surface area contributed by atoms with Gasteiger partial charge in [0.2, 0.25) is 0 Å². The highest BCUT2D eigenvalue weighted by molar-refractivity contribution is 6.07. The molecular weight excluding hydrogens is 378 g/mol. The molecule has 158 valence electrons. The number of H-pyrrole nitrogens is 1. The standard InChI is InChI=1S/C23H29N5O2/c1-3-4-18-5-7-19(8-6-18)23(2)21(29)28(22(30)25-23)17-26-13-15-27(16-14-26)20-9-11-24-12-10-20/h5-12H,3-4,13-17H2,1-2H3,(H,25,30)/p+2/t23-/m0/s1. The number of amides is 3. The predicted octanol–water partition coefficient (Wildman–Crippen LogP) is 0.583. The fourth-order valence-corrected chi connectivity index (χ4v) is 4.38. The van der Waals surface area contributed by atoms with Crippen LogP contribution in [0.2, 0.25) is 0 Å². The molecule has 1 aromatic carbocycles. The van der Waals surface area contributed by atoms with Crippen molar-refractivity contribution in [3.8, 4) is 0 Å². The molecule has 0 bridgehead atoms. The van der Waals surface area contributed by atoms with Crippen molar-refractivity contribution >= 4 is 17.6 Å². The lowest BCUT2D eigenvalue weighted by Crippen LogP contribution is -3.16. The van der Waals surface area contributed by atoms with E-state index in [9.17, 15) is 9.59 Å². The molecule has 0 aliphatic carbocycles. The number of carbonyl (C=O) groups is 2. The van der Waals surface area contributed by atoms with Gasteiger partial charge in [-0.15, -0.1) is 0 Å². The number of anilines is 1. The Morgan fingerprint density at radius 2 is 1.73 bits per heavy atom. The van der Waals surface area contributed by atoms with Gasteiger partial charge in [0.15, 0.2) is 19.1 Å². The van der Waals surface area contributed by atoms with Crippen LogP contribution in [-0.2, 0) is 16.8 Å². The van der Waals surface area contributed by atoms with Crippen molar-refractivity contribution in [1.29, 1.82) is 0 Å². The molecule has 0 spiro atoms. The Morgan fingerprint density at radius 1 is 1.07 bits per heavy atom. The second-order valence-electron chi connectivity index (χ2n) is 8.39. The van der Waals surface area contributed by atoms with E-state index in [-0.39, 0.29) is 11.9 Å². The topological polar surface area (TPSA) is 71.2 Å². The molecule has 2 aromatic rings. The van der Waals surface area contributed by atoms with Gasteiger partial charge in [0.25, 0.3) is 5.91 Å². The van der Waals surface area contributed by atoms with Gasteiger partial charge in [-0.05, 0) is 24.5 Å². The minimum Gasteiger partial charge on any atom is -0.360 e. The summed E-state index contributed by atoms with van der Waals surface area (Å²) >= 11 is 0. The molecule has 7 heteroatoms. The number of nitrogens with zero attached hydrogens (tertiary/aromatic N) is 2. The maximum absolute atomic E-state index is 13.2. The first-order valence-corrected chi connectivity index (χ1v) is 10.8. The summed E-state index contributed by atoms with van der Waals surface area (Å²) < 4.78 is 0. The maximum atomic E-state index is 13.2. The summed E-state index contributed by atoms with van der Waals surface area (Å²) in [7, 11) is 0. The van der Waals surface area contributed by atoms with E-state index in [4.69, 9.17) is 0 Å². The monoisotopic (exact) mass is 409 g/mol. The van der Waals surface area contributed by atoms with Crippen molar-refractivity contribution in [3.05, 3.63) is 59.9 Å². The first-order valence-electron chi connectivity index (χ1n) is 10.8. The molecule has 0 unspecified atom stereocenters. The van der Waals surface area contributed by atoms with Gasteiger partial charge in [0.1, 0.15) is 5.54 Å². The molecule has 1 atom stereocenters. The molecule has 3 heterocycles. The van der Waals surface area contributed by atoms with Crippen molar-refractivity contribution in [2.24, 2.45) is 0 Å². The lowest BCUT2D eigenvalue weighted by Gasteiger charge is -2.34. The highest BCUT2D eigenvalue weighted by Crippen LogP contribution is 2.28. The first kappa shape index (κ1) is 20.3. The molecule has 3 amide bonds. The fourth-order valence-electron chi connectivity index (χ4n) is 4.38. The number of pyridine rings is 1. The number of nitrogens with one attached hydrogen (secondary N) is 3. The highest BCUT2D eigenvalue weighted by atomic mass is 16.2. The SMILES string of the molecule is CCCc1ccc([C@]2(C)NC(=O)N(C[NH+]3CCN(c4cc[nH+]cc4)CC3)C2=O)cc1. The number of benzene rings is 1. The van der Waals surface area contributed by atoms with Crippen LogP contribution in [0.15, 0.2) is 48.8 Å². The van der Waals surface area contributed by atoms with Crippen LogP contribution in [0, 0.1) is 0 Å². The number of quaternary nitrogens is 1. The van der Waals surface area contributed by atoms with Gasteiger partial charge in [-0.3, -0.25) is 4.79 Å². The number of carbonyl (C=O) groups excluding carboxylic acids is 2. The number of hydrogen-bond acceptors (Lipinski definition) is 3.